The Morgan fingerprint density at radius 3 is 2.83 bits per heavy atom. The van der Waals surface area contributed by atoms with Gasteiger partial charge in [0.2, 0.25) is 0 Å². The quantitative estimate of drug-likeness (QED) is 0.768. The molecule has 3 aromatic rings. The molecule has 0 aliphatic carbocycles. The third-order valence-corrected chi connectivity index (χ3v) is 4.02. The van der Waals surface area contributed by atoms with Crippen LogP contribution in [-0.2, 0) is 0 Å². The van der Waals surface area contributed by atoms with Crippen LogP contribution in [-0.4, -0.2) is 27.5 Å². The van der Waals surface area contributed by atoms with Crippen LogP contribution in [0.4, 0.5) is 5.69 Å². The molecule has 122 valence electrons. The van der Waals surface area contributed by atoms with Crippen molar-refractivity contribution in [2.24, 2.45) is 0 Å². The minimum absolute atomic E-state index is 0.293. The average molecular weight is 340 g/mol. The van der Waals surface area contributed by atoms with Crippen LogP contribution in [0.15, 0.2) is 42.0 Å². The van der Waals surface area contributed by atoms with Crippen molar-refractivity contribution in [3.8, 4) is 16.6 Å². The van der Waals surface area contributed by atoms with E-state index in [-0.39, 0.29) is 5.91 Å². The second-order valence-corrected chi connectivity index (χ2v) is 5.86. The van der Waals surface area contributed by atoms with Crippen LogP contribution in [0.2, 0.25) is 0 Å². The molecule has 0 bridgehead atoms. The Kier molecular flexibility index (Phi) is 4.81. The molecule has 2 heterocycles. The SMILES string of the molecule is CCOc1cc(C)ccc1NC(=O)c1csc(-c2ncccn2)n1. The summed E-state index contributed by atoms with van der Waals surface area (Å²) in [5, 5.41) is 5.14. The second-order valence-electron chi connectivity index (χ2n) is 5.00. The lowest BCUT2D eigenvalue weighted by Crippen LogP contribution is -2.13. The lowest BCUT2D eigenvalue weighted by atomic mass is 10.2. The number of hydrogen-bond donors (Lipinski definition) is 1. The number of nitrogens with one attached hydrogen (secondary N) is 1. The van der Waals surface area contributed by atoms with Gasteiger partial charge in [0.1, 0.15) is 11.4 Å². The van der Waals surface area contributed by atoms with E-state index in [1.807, 2.05) is 32.0 Å². The molecule has 1 N–H and O–H groups in total. The van der Waals surface area contributed by atoms with Gasteiger partial charge in [-0.25, -0.2) is 15.0 Å². The van der Waals surface area contributed by atoms with Gasteiger partial charge in [-0.1, -0.05) is 6.07 Å². The molecule has 0 aliphatic rings. The summed E-state index contributed by atoms with van der Waals surface area (Å²) in [7, 11) is 0. The van der Waals surface area contributed by atoms with Gasteiger partial charge in [0.15, 0.2) is 10.8 Å². The summed E-state index contributed by atoms with van der Waals surface area (Å²) in [4.78, 5) is 25.0. The third-order valence-electron chi connectivity index (χ3n) is 3.18. The summed E-state index contributed by atoms with van der Waals surface area (Å²) in [5.41, 5.74) is 2.01. The number of rotatable bonds is 5. The number of carbonyl (C=O) groups excluding carboxylic acids is 1. The van der Waals surface area contributed by atoms with Crippen LogP contribution in [0.5, 0.6) is 5.75 Å². The number of amides is 1. The normalized spacial score (nSPS) is 10.4. The number of nitrogens with zero attached hydrogens (tertiary/aromatic N) is 3. The standard InChI is InChI=1S/C17H16N4O2S/c1-3-23-14-9-11(2)5-6-12(14)20-16(22)13-10-24-17(21-13)15-18-7-4-8-19-15/h4-10H,3H2,1-2H3,(H,20,22). The molecule has 0 saturated heterocycles. The Hall–Kier alpha value is -2.80. The van der Waals surface area contributed by atoms with Gasteiger partial charge in [-0.15, -0.1) is 11.3 Å². The number of carbonyl (C=O) groups is 1. The molecule has 6 nitrogen and oxygen atoms in total. The zero-order valence-corrected chi connectivity index (χ0v) is 14.1. The number of anilines is 1. The minimum atomic E-state index is -0.293. The smallest absolute Gasteiger partial charge is 0.275 e. The highest BCUT2D eigenvalue weighted by Crippen LogP contribution is 2.27. The maximum Gasteiger partial charge on any atom is 0.275 e. The summed E-state index contributed by atoms with van der Waals surface area (Å²) in [5.74, 6) is 0.859. The Labute approximate surface area is 143 Å². The Morgan fingerprint density at radius 1 is 1.29 bits per heavy atom. The third kappa shape index (κ3) is 3.57. The van der Waals surface area contributed by atoms with Crippen molar-refractivity contribution in [1.82, 2.24) is 15.0 Å². The molecule has 1 aromatic carbocycles. The number of thiazole rings is 1. The predicted molar refractivity (Wildman–Crippen MR) is 93.4 cm³/mol. The zero-order chi connectivity index (χ0) is 16.9. The van der Waals surface area contributed by atoms with E-state index in [4.69, 9.17) is 4.74 Å². The topological polar surface area (TPSA) is 77.0 Å². The molecule has 0 fully saturated rings. The molecule has 24 heavy (non-hydrogen) atoms. The van der Waals surface area contributed by atoms with Crippen molar-refractivity contribution in [1.29, 1.82) is 0 Å². The van der Waals surface area contributed by atoms with E-state index in [9.17, 15) is 4.79 Å². The van der Waals surface area contributed by atoms with Gasteiger partial charge in [-0.3, -0.25) is 4.79 Å². The lowest BCUT2D eigenvalue weighted by molar-refractivity contribution is 0.102. The van der Waals surface area contributed by atoms with Crippen LogP contribution < -0.4 is 10.1 Å². The highest BCUT2D eigenvalue weighted by Gasteiger charge is 2.15. The summed E-state index contributed by atoms with van der Waals surface area (Å²) < 4.78 is 5.58. The molecule has 0 atom stereocenters. The molecule has 1 amide bonds. The number of ether oxygens (including phenoxy) is 1. The molecule has 2 aromatic heterocycles. The Morgan fingerprint density at radius 2 is 2.08 bits per heavy atom. The molecule has 7 heteroatoms. The predicted octanol–water partition coefficient (Wildman–Crippen LogP) is 3.56. The van der Waals surface area contributed by atoms with Gasteiger partial charge >= 0.3 is 0 Å². The van der Waals surface area contributed by atoms with Gasteiger partial charge in [-0.2, -0.15) is 0 Å². The van der Waals surface area contributed by atoms with Crippen molar-refractivity contribution in [2.45, 2.75) is 13.8 Å². The van der Waals surface area contributed by atoms with Crippen molar-refractivity contribution in [2.75, 3.05) is 11.9 Å². The number of hydrogen-bond acceptors (Lipinski definition) is 6. The molecule has 0 spiro atoms. The van der Waals surface area contributed by atoms with Crippen molar-refractivity contribution < 1.29 is 9.53 Å². The van der Waals surface area contributed by atoms with Crippen molar-refractivity contribution >= 4 is 22.9 Å². The first-order chi connectivity index (χ1) is 11.7. The first-order valence-corrected chi connectivity index (χ1v) is 8.33. The molecule has 0 saturated carbocycles. The molecular formula is C17H16N4O2S. The number of benzene rings is 1. The highest BCUT2D eigenvalue weighted by molar-refractivity contribution is 7.13. The minimum Gasteiger partial charge on any atom is -0.492 e. The van der Waals surface area contributed by atoms with E-state index < -0.39 is 0 Å². The summed E-state index contributed by atoms with van der Waals surface area (Å²) in [6.07, 6.45) is 3.29. The lowest BCUT2D eigenvalue weighted by Gasteiger charge is -2.11. The van der Waals surface area contributed by atoms with Crippen LogP contribution in [0.1, 0.15) is 23.0 Å². The van der Waals surface area contributed by atoms with E-state index in [1.54, 1.807) is 23.8 Å². The van der Waals surface area contributed by atoms with Gasteiger partial charge in [0.25, 0.3) is 5.91 Å². The van der Waals surface area contributed by atoms with E-state index in [1.165, 1.54) is 11.3 Å². The average Bonchev–Trinajstić information content (AvgIpc) is 3.08. The van der Waals surface area contributed by atoms with Gasteiger partial charge in [-0.05, 0) is 37.6 Å². The maximum absolute atomic E-state index is 12.4. The maximum atomic E-state index is 12.4. The van der Waals surface area contributed by atoms with Crippen LogP contribution in [0.25, 0.3) is 10.8 Å². The van der Waals surface area contributed by atoms with Crippen LogP contribution in [0, 0.1) is 6.92 Å². The molecule has 0 radical (unpaired) electrons. The van der Waals surface area contributed by atoms with E-state index in [2.05, 4.69) is 20.3 Å². The fraction of sp³-hybridized carbons (Fsp3) is 0.176. The second kappa shape index (κ2) is 7.18. The van der Waals surface area contributed by atoms with Crippen LogP contribution in [0.3, 0.4) is 0 Å². The molecule has 0 unspecified atom stereocenters. The zero-order valence-electron chi connectivity index (χ0n) is 13.3. The first-order valence-electron chi connectivity index (χ1n) is 7.45. The van der Waals surface area contributed by atoms with Gasteiger partial charge in [0.05, 0.1) is 12.3 Å². The van der Waals surface area contributed by atoms with Gasteiger partial charge in [0, 0.05) is 17.8 Å². The summed E-state index contributed by atoms with van der Waals surface area (Å²) in [6.45, 7) is 4.40. The largest absolute Gasteiger partial charge is 0.492 e. The Balaban J connectivity index is 1.80. The van der Waals surface area contributed by atoms with Crippen molar-refractivity contribution in [3.63, 3.8) is 0 Å². The fourth-order valence-corrected chi connectivity index (χ4v) is 2.83. The highest BCUT2D eigenvalue weighted by atomic mass is 32.1. The molecule has 3 rings (SSSR count). The van der Waals surface area contributed by atoms with E-state index in [0.29, 0.717) is 34.6 Å². The van der Waals surface area contributed by atoms with Crippen LogP contribution >= 0.6 is 11.3 Å². The fourth-order valence-electron chi connectivity index (χ4n) is 2.08. The van der Waals surface area contributed by atoms with Crippen molar-refractivity contribution in [3.05, 3.63) is 53.3 Å². The molecule has 0 aliphatic heterocycles. The van der Waals surface area contributed by atoms with Gasteiger partial charge < -0.3 is 10.1 Å². The monoisotopic (exact) mass is 340 g/mol. The molecular weight excluding hydrogens is 324 g/mol. The number of aryl methyl sites for hydroxylation is 1. The number of aromatic nitrogens is 3. The summed E-state index contributed by atoms with van der Waals surface area (Å²) in [6, 6.07) is 7.37. The van der Waals surface area contributed by atoms with E-state index >= 15 is 0 Å². The Bertz CT molecular complexity index is 849. The first kappa shape index (κ1) is 16.1. The van der Waals surface area contributed by atoms with E-state index in [0.717, 1.165) is 5.56 Å². The summed E-state index contributed by atoms with van der Waals surface area (Å²) >= 11 is 1.33.